The van der Waals surface area contributed by atoms with Crippen molar-refractivity contribution in [2.75, 3.05) is 0 Å². The molecule has 1 unspecified atom stereocenters. The molecule has 4 nitrogen and oxygen atoms in total. The maximum atomic E-state index is 12.2. The monoisotopic (exact) mass is 296 g/mol. The van der Waals surface area contributed by atoms with E-state index in [1.807, 2.05) is 50.2 Å². The molecule has 22 heavy (non-hydrogen) atoms. The van der Waals surface area contributed by atoms with E-state index in [-0.39, 0.29) is 11.9 Å². The Hall–Kier alpha value is -2.36. The summed E-state index contributed by atoms with van der Waals surface area (Å²) in [7, 11) is 0. The number of benzene rings is 1. The van der Waals surface area contributed by atoms with Gasteiger partial charge in [0.25, 0.3) is 5.91 Å². The van der Waals surface area contributed by atoms with Gasteiger partial charge in [0, 0.05) is 18.5 Å². The molecule has 3 rings (SSSR count). The Kier molecular flexibility index (Phi) is 4.09. The quantitative estimate of drug-likeness (QED) is 0.944. The van der Waals surface area contributed by atoms with Gasteiger partial charge in [0.2, 0.25) is 5.88 Å². The maximum Gasteiger partial charge on any atom is 0.253 e. The smallest absolute Gasteiger partial charge is 0.253 e. The summed E-state index contributed by atoms with van der Waals surface area (Å²) >= 11 is 0. The molecule has 1 N–H and O–H groups in total. The lowest BCUT2D eigenvalue weighted by Crippen LogP contribution is -2.40. The molecule has 0 saturated heterocycles. The van der Waals surface area contributed by atoms with Crippen LogP contribution in [0.15, 0.2) is 36.4 Å². The van der Waals surface area contributed by atoms with Gasteiger partial charge in [-0.1, -0.05) is 37.3 Å². The van der Waals surface area contributed by atoms with Crippen molar-refractivity contribution in [3.8, 4) is 5.88 Å². The number of nitrogens with zero attached hydrogens (tertiary/aromatic N) is 1. The van der Waals surface area contributed by atoms with E-state index in [4.69, 9.17) is 4.74 Å². The molecule has 1 atom stereocenters. The zero-order chi connectivity index (χ0) is 15.5. The molecular formula is C18H20N2O2. The number of hydrogen-bond acceptors (Lipinski definition) is 3. The molecular weight excluding hydrogens is 276 g/mol. The minimum absolute atomic E-state index is 0.0206. The van der Waals surface area contributed by atoms with Crippen LogP contribution < -0.4 is 10.1 Å². The largest absolute Gasteiger partial charge is 0.473 e. The van der Waals surface area contributed by atoms with Crippen molar-refractivity contribution in [2.24, 2.45) is 0 Å². The first-order chi connectivity index (χ1) is 10.7. The standard InChI is InChI=1S/C18H20N2O2/c1-3-14-10-16(22-11-13-7-5-4-6-8-13)20-15-9-12(2)19-18(21)17(14)15/h4-8,10,12H,3,9,11H2,1-2H3,(H,19,21). The second kappa shape index (κ2) is 6.18. The van der Waals surface area contributed by atoms with Gasteiger partial charge in [0.1, 0.15) is 6.61 Å². The Balaban J connectivity index is 1.87. The highest BCUT2D eigenvalue weighted by Crippen LogP contribution is 2.24. The van der Waals surface area contributed by atoms with E-state index in [1.54, 1.807) is 0 Å². The number of pyridine rings is 1. The third kappa shape index (κ3) is 2.96. The molecule has 0 bridgehead atoms. The van der Waals surface area contributed by atoms with Gasteiger partial charge in [-0.25, -0.2) is 4.98 Å². The molecule has 4 heteroatoms. The minimum Gasteiger partial charge on any atom is -0.473 e. The summed E-state index contributed by atoms with van der Waals surface area (Å²) in [5.41, 5.74) is 3.68. The van der Waals surface area contributed by atoms with E-state index in [0.29, 0.717) is 12.5 Å². The third-order valence-corrected chi connectivity index (χ3v) is 3.87. The molecule has 2 aromatic rings. The van der Waals surface area contributed by atoms with Crippen LogP contribution in [0.3, 0.4) is 0 Å². The average molecular weight is 296 g/mol. The second-order valence-electron chi connectivity index (χ2n) is 5.65. The summed E-state index contributed by atoms with van der Waals surface area (Å²) in [6.45, 7) is 4.52. The molecule has 1 aliphatic heterocycles. The second-order valence-corrected chi connectivity index (χ2v) is 5.65. The summed E-state index contributed by atoms with van der Waals surface area (Å²) in [4.78, 5) is 16.7. The number of aromatic nitrogens is 1. The van der Waals surface area contributed by atoms with E-state index in [2.05, 4.69) is 10.3 Å². The van der Waals surface area contributed by atoms with Crippen molar-refractivity contribution in [1.82, 2.24) is 10.3 Å². The van der Waals surface area contributed by atoms with Gasteiger partial charge >= 0.3 is 0 Å². The van der Waals surface area contributed by atoms with Crippen molar-refractivity contribution in [2.45, 2.75) is 39.3 Å². The number of aryl methyl sites for hydroxylation is 1. The van der Waals surface area contributed by atoms with Crippen LogP contribution >= 0.6 is 0 Å². The van der Waals surface area contributed by atoms with E-state index in [9.17, 15) is 4.79 Å². The number of carbonyl (C=O) groups excluding carboxylic acids is 1. The fraction of sp³-hybridized carbons (Fsp3) is 0.333. The Morgan fingerprint density at radius 1 is 1.32 bits per heavy atom. The SMILES string of the molecule is CCc1cc(OCc2ccccc2)nc2c1C(=O)NC(C)C2. The molecule has 0 radical (unpaired) electrons. The van der Waals surface area contributed by atoms with Gasteiger partial charge in [0.05, 0.1) is 11.3 Å². The molecule has 1 aromatic heterocycles. The van der Waals surface area contributed by atoms with Gasteiger partial charge in [-0.15, -0.1) is 0 Å². The Morgan fingerprint density at radius 2 is 2.09 bits per heavy atom. The summed E-state index contributed by atoms with van der Waals surface area (Å²) in [6, 6.07) is 12.0. The maximum absolute atomic E-state index is 12.2. The Labute approximate surface area is 130 Å². The van der Waals surface area contributed by atoms with Crippen LogP contribution in [0.25, 0.3) is 0 Å². The van der Waals surface area contributed by atoms with Crippen molar-refractivity contribution in [3.63, 3.8) is 0 Å². The number of ether oxygens (including phenoxy) is 1. The van der Waals surface area contributed by atoms with E-state index >= 15 is 0 Å². The lowest BCUT2D eigenvalue weighted by Gasteiger charge is -2.24. The van der Waals surface area contributed by atoms with Crippen LogP contribution in [0.1, 0.15) is 41.0 Å². The van der Waals surface area contributed by atoms with E-state index in [0.717, 1.165) is 35.2 Å². The molecule has 0 aliphatic carbocycles. The number of nitrogens with one attached hydrogen (secondary N) is 1. The average Bonchev–Trinajstić information content (AvgIpc) is 2.52. The predicted octanol–water partition coefficient (Wildman–Crippen LogP) is 2.90. The van der Waals surface area contributed by atoms with Crippen LogP contribution in [0.2, 0.25) is 0 Å². The van der Waals surface area contributed by atoms with Crippen LogP contribution in [0.4, 0.5) is 0 Å². The number of fused-ring (bicyclic) bond motifs is 1. The lowest BCUT2D eigenvalue weighted by molar-refractivity contribution is 0.0926. The molecule has 0 spiro atoms. The van der Waals surface area contributed by atoms with Crippen molar-refractivity contribution in [3.05, 3.63) is 58.8 Å². The van der Waals surface area contributed by atoms with Crippen LogP contribution in [-0.4, -0.2) is 16.9 Å². The minimum atomic E-state index is -0.0206. The molecule has 1 amide bonds. The fourth-order valence-electron chi connectivity index (χ4n) is 2.77. The summed E-state index contributed by atoms with van der Waals surface area (Å²) in [5.74, 6) is 0.578. The summed E-state index contributed by atoms with van der Waals surface area (Å²) < 4.78 is 5.83. The summed E-state index contributed by atoms with van der Waals surface area (Å²) in [6.07, 6.45) is 1.53. The first kappa shape index (κ1) is 14.6. The lowest BCUT2D eigenvalue weighted by atomic mass is 9.96. The zero-order valence-electron chi connectivity index (χ0n) is 12.9. The van der Waals surface area contributed by atoms with Gasteiger partial charge < -0.3 is 10.1 Å². The van der Waals surface area contributed by atoms with Crippen LogP contribution in [0.5, 0.6) is 5.88 Å². The molecule has 0 saturated carbocycles. The van der Waals surface area contributed by atoms with Crippen molar-refractivity contribution in [1.29, 1.82) is 0 Å². The van der Waals surface area contributed by atoms with Gasteiger partial charge in [0.15, 0.2) is 0 Å². The molecule has 114 valence electrons. The first-order valence-electron chi connectivity index (χ1n) is 7.67. The van der Waals surface area contributed by atoms with Gasteiger partial charge in [-0.2, -0.15) is 0 Å². The van der Waals surface area contributed by atoms with E-state index in [1.165, 1.54) is 0 Å². The highest BCUT2D eigenvalue weighted by atomic mass is 16.5. The fourth-order valence-corrected chi connectivity index (χ4v) is 2.77. The Bertz CT molecular complexity index is 683. The molecule has 0 fully saturated rings. The van der Waals surface area contributed by atoms with Gasteiger partial charge in [-0.05, 0) is 24.5 Å². The zero-order valence-corrected chi connectivity index (χ0v) is 12.9. The third-order valence-electron chi connectivity index (χ3n) is 3.87. The first-order valence-corrected chi connectivity index (χ1v) is 7.67. The molecule has 1 aliphatic rings. The number of amides is 1. The summed E-state index contributed by atoms with van der Waals surface area (Å²) in [5, 5.41) is 2.97. The number of carbonyl (C=O) groups is 1. The topological polar surface area (TPSA) is 51.2 Å². The van der Waals surface area contributed by atoms with Gasteiger partial charge in [-0.3, -0.25) is 4.79 Å². The molecule has 1 aromatic carbocycles. The predicted molar refractivity (Wildman–Crippen MR) is 85.0 cm³/mol. The normalized spacial score (nSPS) is 16.8. The van der Waals surface area contributed by atoms with Crippen molar-refractivity contribution >= 4 is 5.91 Å². The van der Waals surface area contributed by atoms with Crippen LogP contribution in [0, 0.1) is 0 Å². The highest BCUT2D eigenvalue weighted by molar-refractivity contribution is 5.98. The number of hydrogen-bond donors (Lipinski definition) is 1. The van der Waals surface area contributed by atoms with Crippen LogP contribution in [-0.2, 0) is 19.4 Å². The van der Waals surface area contributed by atoms with E-state index < -0.39 is 0 Å². The molecule has 2 heterocycles. The van der Waals surface area contributed by atoms with Crippen molar-refractivity contribution < 1.29 is 9.53 Å². The highest BCUT2D eigenvalue weighted by Gasteiger charge is 2.26. The number of rotatable bonds is 4. The Morgan fingerprint density at radius 3 is 2.82 bits per heavy atom.